The molecule has 1 heteroatoms. The molecule has 8 heavy (non-hydrogen) atoms. The third kappa shape index (κ3) is 1.66. The highest BCUT2D eigenvalue weighted by atomic mass is 14.8. The molecule has 1 rings (SSSR count). The Labute approximate surface area is 50.8 Å². The molecule has 1 N–H and O–H groups in total. The summed E-state index contributed by atoms with van der Waals surface area (Å²) in [5.74, 6) is 0.782. The van der Waals surface area contributed by atoms with E-state index in [1.54, 1.807) is 0 Å². The highest BCUT2D eigenvalue weighted by Gasteiger charge is 1.97. The molecule has 0 aromatic rings. The number of allylic oxidation sites excluding steroid dienone is 1. The van der Waals surface area contributed by atoms with E-state index in [0.29, 0.717) is 0 Å². The van der Waals surface area contributed by atoms with E-state index in [9.17, 15) is 0 Å². The van der Waals surface area contributed by atoms with E-state index in [0.717, 1.165) is 12.5 Å². The molecule has 1 atom stereocenters. The second-order valence-corrected chi connectivity index (χ2v) is 2.40. The monoisotopic (exact) mass is 111 g/mol. The van der Waals surface area contributed by atoms with Crippen molar-refractivity contribution in [1.82, 2.24) is 5.32 Å². The van der Waals surface area contributed by atoms with Gasteiger partial charge in [-0.3, -0.25) is 0 Å². The minimum atomic E-state index is 0.782. The fourth-order valence-corrected chi connectivity index (χ4v) is 0.912. The van der Waals surface area contributed by atoms with Crippen LogP contribution in [-0.4, -0.2) is 13.1 Å². The van der Waals surface area contributed by atoms with Gasteiger partial charge in [-0.1, -0.05) is 19.1 Å². The largest absolute Gasteiger partial charge is 0.313 e. The SMILES string of the molecule is C[C@H]1C=CCNCC1. The Kier molecular flexibility index (Phi) is 2.10. The van der Waals surface area contributed by atoms with E-state index in [1.807, 2.05) is 0 Å². The van der Waals surface area contributed by atoms with Crippen LogP contribution in [0, 0.1) is 5.92 Å². The summed E-state index contributed by atoms with van der Waals surface area (Å²) in [6.07, 6.45) is 5.77. The van der Waals surface area contributed by atoms with Crippen LogP contribution in [0.1, 0.15) is 13.3 Å². The van der Waals surface area contributed by atoms with Crippen molar-refractivity contribution in [2.75, 3.05) is 13.1 Å². The Bertz CT molecular complexity index is 86.4. The average Bonchev–Trinajstić information content (AvgIpc) is 1.94. The molecule has 0 aliphatic carbocycles. The topological polar surface area (TPSA) is 12.0 Å². The molecule has 0 aromatic carbocycles. The lowest BCUT2D eigenvalue weighted by atomic mass is 10.1. The molecular weight excluding hydrogens is 98.1 g/mol. The van der Waals surface area contributed by atoms with Crippen LogP contribution in [0.25, 0.3) is 0 Å². The second kappa shape index (κ2) is 2.88. The summed E-state index contributed by atoms with van der Waals surface area (Å²) in [7, 11) is 0. The van der Waals surface area contributed by atoms with Gasteiger partial charge in [0, 0.05) is 6.54 Å². The predicted molar refractivity (Wildman–Crippen MR) is 35.8 cm³/mol. The predicted octanol–water partition coefficient (Wildman–Crippen LogP) is 1.17. The lowest BCUT2D eigenvalue weighted by molar-refractivity contribution is 0.617. The zero-order valence-corrected chi connectivity index (χ0v) is 5.35. The first-order valence-corrected chi connectivity index (χ1v) is 3.27. The first-order chi connectivity index (χ1) is 3.89. The van der Waals surface area contributed by atoms with E-state index < -0.39 is 0 Å². The van der Waals surface area contributed by atoms with Gasteiger partial charge < -0.3 is 5.32 Å². The Morgan fingerprint density at radius 3 is 3.38 bits per heavy atom. The van der Waals surface area contributed by atoms with Gasteiger partial charge in [-0.05, 0) is 18.9 Å². The maximum atomic E-state index is 3.29. The van der Waals surface area contributed by atoms with Crippen molar-refractivity contribution in [2.24, 2.45) is 5.92 Å². The van der Waals surface area contributed by atoms with Crippen molar-refractivity contribution in [1.29, 1.82) is 0 Å². The molecule has 1 nitrogen and oxygen atoms in total. The standard InChI is InChI=1S/C7H13N/c1-7-3-2-5-8-6-4-7/h2-3,7-8H,4-6H2,1H3/t7-/m0/s1. The van der Waals surface area contributed by atoms with E-state index >= 15 is 0 Å². The molecule has 46 valence electrons. The van der Waals surface area contributed by atoms with Crippen LogP contribution in [0.4, 0.5) is 0 Å². The molecule has 0 fully saturated rings. The summed E-state index contributed by atoms with van der Waals surface area (Å²) in [5.41, 5.74) is 0. The maximum absolute atomic E-state index is 3.29. The lowest BCUT2D eigenvalue weighted by Crippen LogP contribution is -2.13. The first-order valence-electron chi connectivity index (χ1n) is 3.27. The van der Waals surface area contributed by atoms with Crippen LogP contribution in [-0.2, 0) is 0 Å². The van der Waals surface area contributed by atoms with Gasteiger partial charge in [0.1, 0.15) is 0 Å². The normalized spacial score (nSPS) is 29.9. The Balaban J connectivity index is 2.33. The Morgan fingerprint density at radius 1 is 1.62 bits per heavy atom. The van der Waals surface area contributed by atoms with Gasteiger partial charge in [-0.15, -0.1) is 0 Å². The number of nitrogens with one attached hydrogen (secondary N) is 1. The first kappa shape index (κ1) is 5.83. The molecule has 0 bridgehead atoms. The zero-order chi connectivity index (χ0) is 5.82. The molecule has 0 unspecified atom stereocenters. The minimum Gasteiger partial charge on any atom is -0.313 e. The molecule has 0 saturated carbocycles. The van der Waals surface area contributed by atoms with Crippen molar-refractivity contribution in [2.45, 2.75) is 13.3 Å². The van der Waals surface area contributed by atoms with Gasteiger partial charge >= 0.3 is 0 Å². The van der Waals surface area contributed by atoms with Crippen LogP contribution in [0.2, 0.25) is 0 Å². The van der Waals surface area contributed by atoms with E-state index in [2.05, 4.69) is 24.4 Å². The molecule has 0 amide bonds. The molecule has 1 aliphatic heterocycles. The van der Waals surface area contributed by atoms with E-state index in [4.69, 9.17) is 0 Å². The molecular formula is C7H13N. The fourth-order valence-electron chi connectivity index (χ4n) is 0.912. The Morgan fingerprint density at radius 2 is 2.50 bits per heavy atom. The molecule has 0 saturated heterocycles. The summed E-state index contributed by atoms with van der Waals surface area (Å²) in [6, 6.07) is 0. The molecule has 0 aromatic heterocycles. The third-order valence-corrected chi connectivity index (χ3v) is 1.50. The molecule has 1 aliphatic rings. The van der Waals surface area contributed by atoms with Crippen LogP contribution in [0.15, 0.2) is 12.2 Å². The highest BCUT2D eigenvalue weighted by molar-refractivity contribution is 4.90. The van der Waals surface area contributed by atoms with Crippen molar-refractivity contribution in [3.05, 3.63) is 12.2 Å². The third-order valence-electron chi connectivity index (χ3n) is 1.50. The van der Waals surface area contributed by atoms with Crippen molar-refractivity contribution < 1.29 is 0 Å². The summed E-state index contributed by atoms with van der Waals surface area (Å²) in [5, 5.41) is 3.29. The van der Waals surface area contributed by atoms with Gasteiger partial charge in [0.25, 0.3) is 0 Å². The average molecular weight is 111 g/mol. The van der Waals surface area contributed by atoms with Crippen LogP contribution >= 0.6 is 0 Å². The fraction of sp³-hybridized carbons (Fsp3) is 0.714. The van der Waals surface area contributed by atoms with Gasteiger partial charge in [-0.2, -0.15) is 0 Å². The molecule has 1 heterocycles. The van der Waals surface area contributed by atoms with Crippen LogP contribution in [0.5, 0.6) is 0 Å². The molecule has 0 spiro atoms. The van der Waals surface area contributed by atoms with Gasteiger partial charge in [0.05, 0.1) is 0 Å². The summed E-state index contributed by atoms with van der Waals surface area (Å²) in [6.45, 7) is 4.49. The van der Waals surface area contributed by atoms with Gasteiger partial charge in [0.2, 0.25) is 0 Å². The quantitative estimate of drug-likeness (QED) is 0.463. The van der Waals surface area contributed by atoms with Gasteiger partial charge in [-0.25, -0.2) is 0 Å². The summed E-state index contributed by atoms with van der Waals surface area (Å²) >= 11 is 0. The highest BCUT2D eigenvalue weighted by Crippen LogP contribution is 2.03. The summed E-state index contributed by atoms with van der Waals surface area (Å²) in [4.78, 5) is 0. The smallest absolute Gasteiger partial charge is 0.0134 e. The van der Waals surface area contributed by atoms with Crippen LogP contribution < -0.4 is 5.32 Å². The van der Waals surface area contributed by atoms with Crippen molar-refractivity contribution in [3.63, 3.8) is 0 Å². The van der Waals surface area contributed by atoms with Crippen molar-refractivity contribution >= 4 is 0 Å². The number of rotatable bonds is 0. The van der Waals surface area contributed by atoms with E-state index in [1.165, 1.54) is 13.0 Å². The number of hydrogen-bond donors (Lipinski definition) is 1. The van der Waals surface area contributed by atoms with Crippen molar-refractivity contribution in [3.8, 4) is 0 Å². The van der Waals surface area contributed by atoms with Crippen LogP contribution in [0.3, 0.4) is 0 Å². The second-order valence-electron chi connectivity index (χ2n) is 2.40. The minimum absolute atomic E-state index is 0.782. The number of hydrogen-bond acceptors (Lipinski definition) is 1. The summed E-state index contributed by atoms with van der Waals surface area (Å²) < 4.78 is 0. The zero-order valence-electron chi connectivity index (χ0n) is 5.35. The molecule has 0 radical (unpaired) electrons. The lowest BCUT2D eigenvalue weighted by Gasteiger charge is -1.99. The maximum Gasteiger partial charge on any atom is 0.0134 e. The van der Waals surface area contributed by atoms with Gasteiger partial charge in [0.15, 0.2) is 0 Å². The van der Waals surface area contributed by atoms with E-state index in [-0.39, 0.29) is 0 Å². The Hall–Kier alpha value is -0.300.